The molecule has 0 saturated carbocycles. The summed E-state index contributed by atoms with van der Waals surface area (Å²) < 4.78 is 0. The van der Waals surface area contributed by atoms with Gasteiger partial charge in [-0.05, 0) is 43.5 Å². The molecule has 0 unspecified atom stereocenters. The van der Waals surface area contributed by atoms with Crippen LogP contribution >= 0.6 is 0 Å². The van der Waals surface area contributed by atoms with Crippen LogP contribution in [0.2, 0.25) is 0 Å². The van der Waals surface area contributed by atoms with E-state index in [9.17, 15) is 4.79 Å². The highest BCUT2D eigenvalue weighted by molar-refractivity contribution is 6.03. The van der Waals surface area contributed by atoms with Gasteiger partial charge in [-0.1, -0.05) is 25.5 Å². The number of aromatic nitrogens is 2. The Morgan fingerprint density at radius 3 is 2.82 bits per heavy atom. The lowest BCUT2D eigenvalue weighted by atomic mass is 10.1. The van der Waals surface area contributed by atoms with Gasteiger partial charge in [0.25, 0.3) is 5.91 Å². The van der Waals surface area contributed by atoms with Gasteiger partial charge in [-0.3, -0.25) is 4.79 Å². The molecule has 0 fully saturated rings. The highest BCUT2D eigenvalue weighted by atomic mass is 16.1. The van der Waals surface area contributed by atoms with Crippen molar-refractivity contribution < 1.29 is 4.79 Å². The van der Waals surface area contributed by atoms with E-state index in [0.29, 0.717) is 11.6 Å². The minimum Gasteiger partial charge on any atom is -0.354 e. The molecule has 0 atom stereocenters. The smallest absolute Gasteiger partial charge is 0.274 e. The Morgan fingerprint density at radius 2 is 2.05 bits per heavy atom. The normalized spacial score (nSPS) is 10.3. The summed E-state index contributed by atoms with van der Waals surface area (Å²) in [5.74, 6) is 0.261. The number of benzene rings is 1. The summed E-state index contributed by atoms with van der Waals surface area (Å²) >= 11 is 0. The molecule has 1 amide bonds. The van der Waals surface area contributed by atoms with Gasteiger partial charge in [0.05, 0.1) is 0 Å². The van der Waals surface area contributed by atoms with Crippen LogP contribution in [0.3, 0.4) is 0 Å². The number of anilines is 2. The number of rotatable bonds is 6. The number of nitrogens with zero attached hydrogens (tertiary/aromatic N) is 2. The Labute approximate surface area is 131 Å². The molecule has 0 spiro atoms. The van der Waals surface area contributed by atoms with Gasteiger partial charge in [-0.15, -0.1) is 0 Å². The standard InChI is InChI=1S/C17H22N4O/c1-4-5-9-18-17-19-10-8-14(21-17)16(22)20-15-11-12(2)6-7-13(15)3/h6-8,10-11H,4-5,9H2,1-3H3,(H,20,22)(H,18,19,21). The number of unbranched alkanes of at least 4 members (excludes halogenated alkanes) is 1. The van der Waals surface area contributed by atoms with Gasteiger partial charge in [0, 0.05) is 18.4 Å². The summed E-state index contributed by atoms with van der Waals surface area (Å²) in [7, 11) is 0. The first-order valence-electron chi connectivity index (χ1n) is 7.55. The Kier molecular flexibility index (Phi) is 5.47. The second-order valence-corrected chi connectivity index (χ2v) is 5.32. The third-order valence-corrected chi connectivity index (χ3v) is 3.34. The molecule has 22 heavy (non-hydrogen) atoms. The molecular weight excluding hydrogens is 276 g/mol. The van der Waals surface area contributed by atoms with Crippen LogP contribution in [0.15, 0.2) is 30.5 Å². The molecule has 5 heteroatoms. The van der Waals surface area contributed by atoms with Gasteiger partial charge in [-0.25, -0.2) is 9.97 Å². The predicted molar refractivity (Wildman–Crippen MR) is 89.3 cm³/mol. The van der Waals surface area contributed by atoms with Gasteiger partial charge in [0.15, 0.2) is 0 Å². The van der Waals surface area contributed by atoms with E-state index in [1.807, 2.05) is 32.0 Å². The molecule has 0 aliphatic carbocycles. The molecule has 1 heterocycles. The van der Waals surface area contributed by atoms with E-state index in [4.69, 9.17) is 0 Å². The van der Waals surface area contributed by atoms with Crippen molar-refractivity contribution >= 4 is 17.5 Å². The van der Waals surface area contributed by atoms with Gasteiger partial charge in [0.2, 0.25) is 5.95 Å². The van der Waals surface area contributed by atoms with Crippen molar-refractivity contribution in [3.63, 3.8) is 0 Å². The number of aryl methyl sites for hydroxylation is 2. The summed E-state index contributed by atoms with van der Waals surface area (Å²) in [6.45, 7) is 6.89. The van der Waals surface area contributed by atoms with Crippen molar-refractivity contribution in [1.82, 2.24) is 9.97 Å². The summed E-state index contributed by atoms with van der Waals surface area (Å²) in [6, 6.07) is 7.58. The van der Waals surface area contributed by atoms with E-state index in [0.717, 1.165) is 36.2 Å². The number of hydrogen-bond acceptors (Lipinski definition) is 4. The quantitative estimate of drug-likeness (QED) is 0.800. The first-order valence-corrected chi connectivity index (χ1v) is 7.55. The van der Waals surface area contributed by atoms with Crippen LogP contribution < -0.4 is 10.6 Å². The average Bonchev–Trinajstić information content (AvgIpc) is 2.51. The largest absolute Gasteiger partial charge is 0.354 e. The summed E-state index contributed by atoms with van der Waals surface area (Å²) in [6.07, 6.45) is 3.74. The highest BCUT2D eigenvalue weighted by Crippen LogP contribution is 2.17. The third-order valence-electron chi connectivity index (χ3n) is 3.34. The van der Waals surface area contributed by atoms with Crippen LogP contribution in [0.5, 0.6) is 0 Å². The molecule has 2 aromatic rings. The molecule has 0 bridgehead atoms. The predicted octanol–water partition coefficient (Wildman–Crippen LogP) is 3.56. The lowest BCUT2D eigenvalue weighted by Crippen LogP contribution is -2.16. The minimum atomic E-state index is -0.227. The topological polar surface area (TPSA) is 66.9 Å². The van der Waals surface area contributed by atoms with Crippen molar-refractivity contribution in [3.05, 3.63) is 47.3 Å². The monoisotopic (exact) mass is 298 g/mol. The zero-order valence-corrected chi connectivity index (χ0v) is 13.3. The number of carbonyl (C=O) groups is 1. The van der Waals surface area contributed by atoms with Crippen LogP contribution in [-0.4, -0.2) is 22.4 Å². The molecule has 2 N–H and O–H groups in total. The van der Waals surface area contributed by atoms with Crippen molar-refractivity contribution in [2.75, 3.05) is 17.2 Å². The Balaban J connectivity index is 2.09. The molecule has 0 aliphatic rings. The molecule has 5 nitrogen and oxygen atoms in total. The van der Waals surface area contributed by atoms with Crippen LogP contribution in [-0.2, 0) is 0 Å². The summed E-state index contributed by atoms with van der Waals surface area (Å²) in [5.41, 5.74) is 3.29. The molecular formula is C17H22N4O. The van der Waals surface area contributed by atoms with E-state index >= 15 is 0 Å². The lowest BCUT2D eigenvalue weighted by Gasteiger charge is -2.10. The lowest BCUT2D eigenvalue weighted by molar-refractivity contribution is 0.102. The maximum Gasteiger partial charge on any atom is 0.274 e. The second-order valence-electron chi connectivity index (χ2n) is 5.32. The van der Waals surface area contributed by atoms with Gasteiger partial charge in [0.1, 0.15) is 5.69 Å². The van der Waals surface area contributed by atoms with E-state index < -0.39 is 0 Å². The van der Waals surface area contributed by atoms with Crippen LogP contribution in [0.1, 0.15) is 41.4 Å². The first kappa shape index (κ1) is 15.9. The number of nitrogens with one attached hydrogen (secondary N) is 2. The van der Waals surface area contributed by atoms with E-state index in [-0.39, 0.29) is 5.91 Å². The molecule has 116 valence electrons. The van der Waals surface area contributed by atoms with Gasteiger partial charge in [-0.2, -0.15) is 0 Å². The fourth-order valence-corrected chi connectivity index (χ4v) is 2.00. The SMILES string of the molecule is CCCCNc1nccc(C(=O)Nc2cc(C)ccc2C)n1. The molecule has 0 radical (unpaired) electrons. The van der Waals surface area contributed by atoms with E-state index in [1.54, 1.807) is 12.3 Å². The summed E-state index contributed by atoms with van der Waals surface area (Å²) in [5, 5.41) is 6.03. The Bertz CT molecular complexity index is 655. The number of carbonyl (C=O) groups excluding carboxylic acids is 1. The van der Waals surface area contributed by atoms with E-state index in [1.165, 1.54) is 0 Å². The maximum absolute atomic E-state index is 12.3. The zero-order chi connectivity index (χ0) is 15.9. The second kappa shape index (κ2) is 7.54. The number of amides is 1. The fraction of sp³-hybridized carbons (Fsp3) is 0.353. The van der Waals surface area contributed by atoms with Crippen LogP contribution in [0.4, 0.5) is 11.6 Å². The maximum atomic E-state index is 12.3. The minimum absolute atomic E-state index is 0.227. The molecule has 1 aromatic heterocycles. The average molecular weight is 298 g/mol. The Hall–Kier alpha value is -2.43. The van der Waals surface area contributed by atoms with Crippen molar-refractivity contribution in [2.45, 2.75) is 33.6 Å². The highest BCUT2D eigenvalue weighted by Gasteiger charge is 2.10. The molecule has 0 aliphatic heterocycles. The third kappa shape index (κ3) is 4.28. The van der Waals surface area contributed by atoms with Crippen molar-refractivity contribution in [1.29, 1.82) is 0 Å². The first-order chi connectivity index (χ1) is 10.6. The zero-order valence-electron chi connectivity index (χ0n) is 13.3. The molecule has 0 saturated heterocycles. The van der Waals surface area contributed by atoms with Gasteiger partial charge >= 0.3 is 0 Å². The van der Waals surface area contributed by atoms with Gasteiger partial charge < -0.3 is 10.6 Å². The van der Waals surface area contributed by atoms with E-state index in [2.05, 4.69) is 27.5 Å². The summed E-state index contributed by atoms with van der Waals surface area (Å²) in [4.78, 5) is 20.7. The van der Waals surface area contributed by atoms with Crippen LogP contribution in [0, 0.1) is 13.8 Å². The van der Waals surface area contributed by atoms with Crippen LogP contribution in [0.25, 0.3) is 0 Å². The number of hydrogen-bond donors (Lipinski definition) is 2. The fourth-order valence-electron chi connectivity index (χ4n) is 2.00. The van der Waals surface area contributed by atoms with Crippen molar-refractivity contribution in [3.8, 4) is 0 Å². The molecule has 2 rings (SSSR count). The molecule has 1 aromatic carbocycles. The van der Waals surface area contributed by atoms with Crippen molar-refractivity contribution in [2.24, 2.45) is 0 Å². The Morgan fingerprint density at radius 1 is 1.23 bits per heavy atom.